The van der Waals surface area contributed by atoms with Crippen molar-refractivity contribution in [2.75, 3.05) is 55.3 Å². The molecule has 3 aromatic rings. The second-order valence-electron chi connectivity index (χ2n) is 9.04. The molecule has 2 aliphatic heterocycles. The Morgan fingerprint density at radius 1 is 0.838 bits per heavy atom. The zero-order valence-electron chi connectivity index (χ0n) is 20.5. The maximum absolute atomic E-state index is 13.2. The van der Waals surface area contributed by atoms with Crippen LogP contribution in [0.1, 0.15) is 18.1 Å². The Bertz CT molecular complexity index is 1330. The molecule has 0 radical (unpaired) electrons. The molecule has 2 aliphatic rings. The lowest BCUT2D eigenvalue weighted by Gasteiger charge is -2.32. The zero-order valence-corrected chi connectivity index (χ0v) is 20.5. The number of nitrogens with zero attached hydrogens (tertiary/aromatic N) is 6. The number of alkyl halides is 3. The van der Waals surface area contributed by atoms with Crippen LogP contribution in [0.2, 0.25) is 0 Å². The van der Waals surface area contributed by atoms with Gasteiger partial charge in [-0.1, -0.05) is 30.3 Å². The summed E-state index contributed by atoms with van der Waals surface area (Å²) in [6, 6.07) is 14.9. The summed E-state index contributed by atoms with van der Waals surface area (Å²) in [4.78, 5) is 22.7. The SMILES string of the molecule is CC1=C(c2cccc(C(F)(F)F)c2)CN=C1Nc1nc(Nc2ccccc2)nc(N2CCN(C)CC2)n1. The molecule has 0 saturated carbocycles. The standard InChI is InChI=1S/C26H27F3N8/c1-17-21(18-7-6-8-19(15-18)26(27,28)29)16-30-22(17)32-24-33-23(31-20-9-4-3-5-10-20)34-25(35-24)37-13-11-36(2)12-14-37/h3-10,15H,11-14,16H2,1-2H3,(H2,30,31,32,33,34,35). The van der Waals surface area contributed by atoms with Gasteiger partial charge in [0, 0.05) is 31.9 Å². The van der Waals surface area contributed by atoms with E-state index in [0.29, 0.717) is 29.2 Å². The minimum atomic E-state index is -4.41. The number of para-hydroxylation sites is 1. The summed E-state index contributed by atoms with van der Waals surface area (Å²) in [5.74, 6) is 1.76. The highest BCUT2D eigenvalue weighted by molar-refractivity contribution is 6.14. The minimum Gasteiger partial charge on any atom is -0.338 e. The second-order valence-corrected chi connectivity index (χ2v) is 9.04. The van der Waals surface area contributed by atoms with Crippen molar-refractivity contribution in [3.63, 3.8) is 0 Å². The monoisotopic (exact) mass is 508 g/mol. The van der Waals surface area contributed by atoms with Crippen LogP contribution in [0.25, 0.3) is 5.57 Å². The lowest BCUT2D eigenvalue weighted by molar-refractivity contribution is -0.137. The Balaban J connectivity index is 1.42. The van der Waals surface area contributed by atoms with Crippen LogP contribution in [0.15, 0.2) is 65.2 Å². The molecule has 0 unspecified atom stereocenters. The van der Waals surface area contributed by atoms with Gasteiger partial charge >= 0.3 is 6.18 Å². The fraction of sp³-hybridized carbons (Fsp3) is 0.308. The Morgan fingerprint density at radius 2 is 1.54 bits per heavy atom. The molecular formula is C26H27F3N8. The molecule has 2 aromatic carbocycles. The first-order chi connectivity index (χ1) is 17.8. The molecule has 2 N–H and O–H groups in total. The van der Waals surface area contributed by atoms with Gasteiger partial charge in [0.15, 0.2) is 0 Å². The van der Waals surface area contributed by atoms with Gasteiger partial charge in [0.05, 0.1) is 12.1 Å². The number of amidine groups is 1. The molecule has 11 heteroatoms. The fourth-order valence-corrected chi connectivity index (χ4v) is 4.24. The van der Waals surface area contributed by atoms with Crippen LogP contribution in [0, 0.1) is 0 Å². The van der Waals surface area contributed by atoms with E-state index in [1.807, 2.05) is 37.3 Å². The molecule has 0 aliphatic carbocycles. The predicted molar refractivity (Wildman–Crippen MR) is 139 cm³/mol. The molecule has 37 heavy (non-hydrogen) atoms. The summed E-state index contributed by atoms with van der Waals surface area (Å²) in [5, 5.41) is 6.41. The lowest BCUT2D eigenvalue weighted by atomic mass is 10.00. The first kappa shape index (κ1) is 24.7. The van der Waals surface area contributed by atoms with Gasteiger partial charge in [0.25, 0.3) is 0 Å². The van der Waals surface area contributed by atoms with Crippen LogP contribution < -0.4 is 15.5 Å². The van der Waals surface area contributed by atoms with Gasteiger partial charge in [-0.25, -0.2) is 0 Å². The topological polar surface area (TPSA) is 81.6 Å². The Hall–Kier alpha value is -3.99. The first-order valence-corrected chi connectivity index (χ1v) is 12.0. The van der Waals surface area contributed by atoms with Crippen molar-refractivity contribution in [3.8, 4) is 0 Å². The highest BCUT2D eigenvalue weighted by atomic mass is 19.4. The maximum atomic E-state index is 13.2. The van der Waals surface area contributed by atoms with Gasteiger partial charge in [-0.15, -0.1) is 0 Å². The van der Waals surface area contributed by atoms with E-state index >= 15 is 0 Å². The van der Waals surface area contributed by atoms with E-state index in [-0.39, 0.29) is 6.54 Å². The van der Waals surface area contributed by atoms with Crippen molar-refractivity contribution >= 4 is 34.9 Å². The van der Waals surface area contributed by atoms with Crippen LogP contribution in [0.3, 0.4) is 0 Å². The number of halogens is 3. The van der Waals surface area contributed by atoms with Crippen molar-refractivity contribution in [3.05, 3.63) is 71.3 Å². The summed E-state index contributed by atoms with van der Waals surface area (Å²) in [5.41, 5.74) is 2.12. The summed E-state index contributed by atoms with van der Waals surface area (Å²) in [7, 11) is 2.08. The number of hydrogen-bond donors (Lipinski definition) is 2. The van der Waals surface area contributed by atoms with E-state index in [2.05, 4.69) is 47.4 Å². The van der Waals surface area contributed by atoms with E-state index in [1.165, 1.54) is 6.07 Å². The molecule has 0 amide bonds. The fourth-order valence-electron chi connectivity index (χ4n) is 4.24. The summed E-state index contributed by atoms with van der Waals surface area (Å²) < 4.78 is 39.7. The highest BCUT2D eigenvalue weighted by Gasteiger charge is 2.31. The maximum Gasteiger partial charge on any atom is 0.416 e. The van der Waals surface area contributed by atoms with Crippen molar-refractivity contribution < 1.29 is 13.2 Å². The number of nitrogens with one attached hydrogen (secondary N) is 2. The van der Waals surface area contributed by atoms with Crippen molar-refractivity contribution in [1.29, 1.82) is 0 Å². The molecule has 8 nitrogen and oxygen atoms in total. The van der Waals surface area contributed by atoms with E-state index in [9.17, 15) is 13.2 Å². The molecular weight excluding hydrogens is 481 g/mol. The molecule has 192 valence electrons. The van der Waals surface area contributed by atoms with Crippen LogP contribution >= 0.6 is 0 Å². The Labute approximate surface area is 213 Å². The van der Waals surface area contributed by atoms with Crippen LogP contribution in [-0.4, -0.2) is 65.5 Å². The lowest BCUT2D eigenvalue weighted by Crippen LogP contribution is -2.45. The molecule has 0 atom stereocenters. The summed E-state index contributed by atoms with van der Waals surface area (Å²) in [6.45, 7) is 5.45. The van der Waals surface area contributed by atoms with Crippen LogP contribution in [0.5, 0.6) is 0 Å². The molecule has 1 fully saturated rings. The second kappa shape index (κ2) is 10.2. The number of aromatic nitrogens is 3. The van der Waals surface area contributed by atoms with Gasteiger partial charge in [0.2, 0.25) is 17.8 Å². The Morgan fingerprint density at radius 3 is 2.24 bits per heavy atom. The Kier molecular flexibility index (Phi) is 6.79. The van der Waals surface area contributed by atoms with E-state index in [4.69, 9.17) is 0 Å². The van der Waals surface area contributed by atoms with E-state index in [1.54, 1.807) is 6.07 Å². The number of aliphatic imine (C=N–C) groups is 1. The van der Waals surface area contributed by atoms with E-state index in [0.717, 1.165) is 55.1 Å². The third-order valence-electron chi connectivity index (χ3n) is 6.41. The third-order valence-corrected chi connectivity index (χ3v) is 6.41. The molecule has 0 bridgehead atoms. The van der Waals surface area contributed by atoms with Gasteiger partial charge in [-0.2, -0.15) is 28.1 Å². The zero-order chi connectivity index (χ0) is 26.0. The molecule has 0 spiro atoms. The van der Waals surface area contributed by atoms with Crippen molar-refractivity contribution in [2.45, 2.75) is 13.1 Å². The molecule has 5 rings (SSSR count). The quantitative estimate of drug-likeness (QED) is 0.518. The van der Waals surface area contributed by atoms with Crippen LogP contribution in [-0.2, 0) is 6.18 Å². The highest BCUT2D eigenvalue weighted by Crippen LogP contribution is 2.33. The van der Waals surface area contributed by atoms with Crippen molar-refractivity contribution in [1.82, 2.24) is 19.9 Å². The normalized spacial score (nSPS) is 16.7. The third kappa shape index (κ3) is 5.72. The number of hydrogen-bond acceptors (Lipinski definition) is 8. The smallest absolute Gasteiger partial charge is 0.338 e. The molecule has 1 aromatic heterocycles. The average Bonchev–Trinajstić information content (AvgIpc) is 3.24. The first-order valence-electron chi connectivity index (χ1n) is 12.0. The average molecular weight is 509 g/mol. The van der Waals surface area contributed by atoms with Crippen LogP contribution in [0.4, 0.5) is 36.7 Å². The van der Waals surface area contributed by atoms with Gasteiger partial charge < -0.3 is 20.4 Å². The number of piperazine rings is 1. The minimum absolute atomic E-state index is 0.265. The number of rotatable bonds is 5. The molecule has 3 heterocycles. The van der Waals surface area contributed by atoms with Gasteiger partial charge in [0.1, 0.15) is 5.84 Å². The van der Waals surface area contributed by atoms with Crippen molar-refractivity contribution in [2.24, 2.45) is 4.99 Å². The summed E-state index contributed by atoms with van der Waals surface area (Å²) in [6.07, 6.45) is -4.41. The van der Waals surface area contributed by atoms with Gasteiger partial charge in [-0.05, 0) is 54.9 Å². The predicted octanol–water partition coefficient (Wildman–Crippen LogP) is 4.68. The number of benzene rings is 2. The van der Waals surface area contributed by atoms with E-state index < -0.39 is 11.7 Å². The van der Waals surface area contributed by atoms with Gasteiger partial charge in [-0.3, -0.25) is 4.99 Å². The summed E-state index contributed by atoms with van der Waals surface area (Å²) >= 11 is 0. The largest absolute Gasteiger partial charge is 0.416 e. The number of anilines is 4. The molecule has 1 saturated heterocycles. The number of likely N-dealkylation sites (N-methyl/N-ethyl adjacent to an activating group) is 1.